The summed E-state index contributed by atoms with van der Waals surface area (Å²) in [6.07, 6.45) is 0.203. The summed E-state index contributed by atoms with van der Waals surface area (Å²) in [4.78, 5) is 10.1. The normalized spacial score (nSPS) is 15.1. The van der Waals surface area contributed by atoms with Gasteiger partial charge in [0.05, 0.1) is 6.61 Å². The van der Waals surface area contributed by atoms with Crippen molar-refractivity contribution in [2.24, 2.45) is 0 Å². The third kappa shape index (κ3) is 4.85. The molecule has 0 aromatic carbocycles. The number of aryl methyl sites for hydroxylation is 1. The first-order valence-electron chi connectivity index (χ1n) is 8.59. The topological polar surface area (TPSA) is 50.3 Å². The van der Waals surface area contributed by atoms with Gasteiger partial charge in [-0.2, -0.15) is 18.2 Å². The first-order chi connectivity index (χ1) is 12.5. The molecule has 26 heavy (non-hydrogen) atoms. The van der Waals surface area contributed by atoms with Crippen LogP contribution in [-0.4, -0.2) is 42.8 Å². The summed E-state index contributed by atoms with van der Waals surface area (Å²) in [5.41, 5.74) is 0.187. The molecule has 5 nitrogen and oxygen atoms in total. The van der Waals surface area contributed by atoms with Crippen LogP contribution in [0.2, 0.25) is 0 Å². The summed E-state index contributed by atoms with van der Waals surface area (Å²) < 4.78 is 45.2. The molecule has 2 aromatic heterocycles. The number of hydrogen-bond acceptors (Lipinski definition) is 5. The van der Waals surface area contributed by atoms with Crippen molar-refractivity contribution in [1.29, 1.82) is 0 Å². The zero-order valence-electron chi connectivity index (χ0n) is 14.3. The Hall–Kier alpha value is -2.35. The van der Waals surface area contributed by atoms with E-state index in [4.69, 9.17) is 4.74 Å². The first kappa shape index (κ1) is 18.4. The minimum Gasteiger partial charge on any atom is -0.477 e. The van der Waals surface area contributed by atoms with E-state index < -0.39 is 11.7 Å². The van der Waals surface area contributed by atoms with Crippen LogP contribution >= 0.6 is 0 Å². The van der Waals surface area contributed by atoms with Gasteiger partial charge in [0.25, 0.3) is 0 Å². The summed E-state index contributed by atoms with van der Waals surface area (Å²) in [6.45, 7) is 3.14. The Morgan fingerprint density at radius 3 is 2.65 bits per heavy atom. The molecule has 1 fully saturated rings. The van der Waals surface area contributed by atoms with E-state index in [2.05, 4.69) is 15.3 Å². The molecular weight excluding hydrogens is 345 g/mol. The Morgan fingerprint density at radius 2 is 1.96 bits per heavy atom. The summed E-state index contributed by atoms with van der Waals surface area (Å²) in [6, 6.07) is 6.23. The van der Waals surface area contributed by atoms with Gasteiger partial charge in [-0.25, -0.2) is 0 Å². The largest absolute Gasteiger partial charge is 0.477 e. The van der Waals surface area contributed by atoms with Gasteiger partial charge in [-0.05, 0) is 36.6 Å². The molecular formula is C18H21F3N4O. The third-order valence-corrected chi connectivity index (χ3v) is 4.16. The highest BCUT2D eigenvalue weighted by atomic mass is 19.4. The van der Waals surface area contributed by atoms with Crippen molar-refractivity contribution >= 4 is 5.82 Å². The SMILES string of the molecule is FC(F)(F)c1ccc(N2CCNCC2)nc1OCCCc1cccnc1. The molecule has 0 saturated carbocycles. The molecule has 3 rings (SSSR count). The number of anilines is 1. The molecule has 0 spiro atoms. The number of piperazine rings is 1. The molecule has 2 aromatic rings. The molecule has 0 atom stereocenters. The maximum atomic E-state index is 13.2. The minimum absolute atomic E-state index is 0.163. The molecule has 0 aliphatic carbocycles. The number of halogens is 3. The van der Waals surface area contributed by atoms with E-state index in [0.29, 0.717) is 31.7 Å². The van der Waals surface area contributed by atoms with Crippen LogP contribution < -0.4 is 15.0 Å². The first-order valence-corrected chi connectivity index (χ1v) is 8.59. The molecule has 1 aliphatic heterocycles. The van der Waals surface area contributed by atoms with Crippen LogP contribution in [0.3, 0.4) is 0 Å². The van der Waals surface area contributed by atoms with Crippen molar-refractivity contribution in [3.05, 3.63) is 47.8 Å². The molecule has 1 saturated heterocycles. The third-order valence-electron chi connectivity index (χ3n) is 4.16. The summed E-state index contributed by atoms with van der Waals surface area (Å²) >= 11 is 0. The van der Waals surface area contributed by atoms with Crippen LogP contribution in [-0.2, 0) is 12.6 Å². The van der Waals surface area contributed by atoms with Crippen molar-refractivity contribution < 1.29 is 17.9 Å². The highest BCUT2D eigenvalue weighted by Crippen LogP contribution is 2.36. The van der Waals surface area contributed by atoms with E-state index in [-0.39, 0.29) is 12.5 Å². The van der Waals surface area contributed by atoms with E-state index in [1.165, 1.54) is 6.07 Å². The molecule has 140 valence electrons. The lowest BCUT2D eigenvalue weighted by Crippen LogP contribution is -2.43. The number of alkyl halides is 3. The summed E-state index contributed by atoms with van der Waals surface area (Å²) in [5, 5.41) is 3.21. The fraction of sp³-hybridized carbons (Fsp3) is 0.444. The summed E-state index contributed by atoms with van der Waals surface area (Å²) in [7, 11) is 0. The van der Waals surface area contributed by atoms with E-state index in [1.807, 2.05) is 17.0 Å². The minimum atomic E-state index is -4.49. The second-order valence-corrected chi connectivity index (χ2v) is 6.07. The fourth-order valence-corrected chi connectivity index (χ4v) is 2.82. The lowest BCUT2D eigenvalue weighted by atomic mass is 10.2. The molecule has 1 aliphatic rings. The van der Waals surface area contributed by atoms with Crippen LogP contribution in [0.4, 0.5) is 19.0 Å². The number of rotatable bonds is 6. The zero-order chi connectivity index (χ0) is 18.4. The van der Waals surface area contributed by atoms with E-state index >= 15 is 0 Å². The molecule has 8 heteroatoms. The van der Waals surface area contributed by atoms with Gasteiger partial charge in [0.15, 0.2) is 0 Å². The standard InChI is InChI=1S/C18H21F3N4O/c19-18(20,21)15-5-6-16(25-10-8-22-9-11-25)24-17(15)26-12-2-4-14-3-1-7-23-13-14/h1,3,5-7,13,22H,2,4,8-12H2. The molecule has 0 bridgehead atoms. The lowest BCUT2D eigenvalue weighted by molar-refractivity contribution is -0.139. The van der Waals surface area contributed by atoms with Gasteiger partial charge in [-0.3, -0.25) is 4.98 Å². The van der Waals surface area contributed by atoms with Gasteiger partial charge < -0.3 is 15.0 Å². The number of ether oxygens (including phenoxy) is 1. The van der Waals surface area contributed by atoms with Gasteiger partial charge in [0, 0.05) is 38.6 Å². The maximum absolute atomic E-state index is 13.2. The second kappa shape index (κ2) is 8.35. The maximum Gasteiger partial charge on any atom is 0.421 e. The number of pyridine rings is 2. The Balaban J connectivity index is 1.68. The van der Waals surface area contributed by atoms with Gasteiger partial charge >= 0.3 is 6.18 Å². The van der Waals surface area contributed by atoms with Gasteiger partial charge in [0.2, 0.25) is 5.88 Å². The van der Waals surface area contributed by atoms with Crippen LogP contribution in [0.1, 0.15) is 17.5 Å². The highest BCUT2D eigenvalue weighted by Gasteiger charge is 2.35. The average molecular weight is 366 g/mol. The zero-order valence-corrected chi connectivity index (χ0v) is 14.3. The molecule has 0 unspecified atom stereocenters. The van der Waals surface area contributed by atoms with Crippen LogP contribution in [0, 0.1) is 0 Å². The number of aromatic nitrogens is 2. The number of nitrogens with one attached hydrogen (secondary N) is 1. The molecule has 3 heterocycles. The van der Waals surface area contributed by atoms with E-state index in [1.54, 1.807) is 12.4 Å². The van der Waals surface area contributed by atoms with Crippen molar-refractivity contribution in [3.63, 3.8) is 0 Å². The molecule has 0 radical (unpaired) electrons. The van der Waals surface area contributed by atoms with E-state index in [0.717, 1.165) is 24.7 Å². The van der Waals surface area contributed by atoms with Crippen molar-refractivity contribution in [1.82, 2.24) is 15.3 Å². The Labute approximate surface area is 150 Å². The van der Waals surface area contributed by atoms with Crippen LogP contribution in [0.25, 0.3) is 0 Å². The smallest absolute Gasteiger partial charge is 0.421 e. The Bertz CT molecular complexity index is 703. The molecule has 0 amide bonds. The van der Waals surface area contributed by atoms with Gasteiger partial charge in [0.1, 0.15) is 11.4 Å². The van der Waals surface area contributed by atoms with Crippen molar-refractivity contribution in [2.45, 2.75) is 19.0 Å². The number of nitrogens with zero attached hydrogens (tertiary/aromatic N) is 3. The highest BCUT2D eigenvalue weighted by molar-refractivity contribution is 5.45. The van der Waals surface area contributed by atoms with Crippen molar-refractivity contribution in [2.75, 3.05) is 37.7 Å². The summed E-state index contributed by atoms with van der Waals surface area (Å²) in [5.74, 6) is 0.168. The molecule has 1 N–H and O–H groups in total. The Morgan fingerprint density at radius 1 is 1.15 bits per heavy atom. The van der Waals surface area contributed by atoms with Crippen molar-refractivity contribution in [3.8, 4) is 5.88 Å². The predicted octanol–water partition coefficient (Wildman–Crippen LogP) is 2.92. The fourth-order valence-electron chi connectivity index (χ4n) is 2.82. The Kier molecular flexibility index (Phi) is 5.92. The van der Waals surface area contributed by atoms with Gasteiger partial charge in [-0.15, -0.1) is 0 Å². The van der Waals surface area contributed by atoms with Gasteiger partial charge in [-0.1, -0.05) is 6.07 Å². The van der Waals surface area contributed by atoms with Crippen LogP contribution in [0.15, 0.2) is 36.7 Å². The average Bonchev–Trinajstić information content (AvgIpc) is 2.66. The second-order valence-electron chi connectivity index (χ2n) is 6.07. The predicted molar refractivity (Wildman–Crippen MR) is 92.4 cm³/mol. The lowest BCUT2D eigenvalue weighted by Gasteiger charge is -2.29. The van der Waals surface area contributed by atoms with Crippen LogP contribution in [0.5, 0.6) is 5.88 Å². The monoisotopic (exact) mass is 366 g/mol. The van der Waals surface area contributed by atoms with E-state index in [9.17, 15) is 13.2 Å². The number of hydrogen-bond donors (Lipinski definition) is 1. The quantitative estimate of drug-likeness (QED) is 0.797.